The molecule has 5 nitrogen and oxygen atoms in total. The predicted molar refractivity (Wildman–Crippen MR) is 63.8 cm³/mol. The van der Waals surface area contributed by atoms with Gasteiger partial charge in [-0.15, -0.1) is 0 Å². The van der Waals surface area contributed by atoms with Crippen molar-refractivity contribution in [2.24, 2.45) is 0 Å². The Hall–Kier alpha value is -2.04. The van der Waals surface area contributed by atoms with E-state index in [0.29, 0.717) is 6.42 Å². The minimum Gasteiger partial charge on any atom is -0.466 e. The molecule has 0 heterocycles. The maximum absolute atomic E-state index is 11.2. The van der Waals surface area contributed by atoms with E-state index in [-0.39, 0.29) is 25.8 Å². The molecule has 0 spiro atoms. The fourth-order valence-electron chi connectivity index (χ4n) is 1.19. The first-order chi connectivity index (χ1) is 8.68. The van der Waals surface area contributed by atoms with Gasteiger partial charge in [0.2, 0.25) is 0 Å². The first kappa shape index (κ1) is 14.0. The molecular formula is C13H16O5. The van der Waals surface area contributed by atoms with Crippen LogP contribution in [0.25, 0.3) is 0 Å². The van der Waals surface area contributed by atoms with E-state index in [1.165, 1.54) is 6.92 Å². The van der Waals surface area contributed by atoms with Gasteiger partial charge in [0.25, 0.3) is 0 Å². The molecule has 5 heteroatoms. The van der Waals surface area contributed by atoms with Crippen LogP contribution in [0.5, 0.6) is 0 Å². The van der Waals surface area contributed by atoms with E-state index in [4.69, 9.17) is 9.47 Å². The Morgan fingerprint density at radius 3 is 2.33 bits per heavy atom. The summed E-state index contributed by atoms with van der Waals surface area (Å²) < 4.78 is 14.4. The molecule has 0 aliphatic rings. The second kappa shape index (κ2) is 8.11. The van der Waals surface area contributed by atoms with Crippen molar-refractivity contribution in [3.63, 3.8) is 0 Å². The summed E-state index contributed by atoms with van der Waals surface area (Å²) in [6.45, 7) is 1.92. The number of hydrogen-bond donors (Lipinski definition) is 0. The minimum atomic E-state index is -0.721. The van der Waals surface area contributed by atoms with Gasteiger partial charge in [0.15, 0.2) is 0 Å². The van der Waals surface area contributed by atoms with Crippen molar-refractivity contribution < 1.29 is 23.8 Å². The van der Waals surface area contributed by atoms with Crippen molar-refractivity contribution in [1.29, 1.82) is 0 Å². The molecule has 0 bridgehead atoms. The highest BCUT2D eigenvalue weighted by atomic mass is 16.7. The first-order valence-corrected chi connectivity index (χ1v) is 5.65. The van der Waals surface area contributed by atoms with Crippen molar-refractivity contribution in [3.05, 3.63) is 35.9 Å². The molecule has 0 aromatic heterocycles. The van der Waals surface area contributed by atoms with E-state index >= 15 is 0 Å². The molecule has 0 aliphatic heterocycles. The fraction of sp³-hybridized carbons (Fsp3) is 0.385. The zero-order chi connectivity index (χ0) is 13.2. The number of ether oxygens (including phenoxy) is 3. The van der Waals surface area contributed by atoms with Crippen LogP contribution in [0.15, 0.2) is 30.3 Å². The number of rotatable bonds is 6. The summed E-state index contributed by atoms with van der Waals surface area (Å²) in [4.78, 5) is 21.6. The lowest BCUT2D eigenvalue weighted by Gasteiger charge is -2.06. The van der Waals surface area contributed by atoms with Crippen molar-refractivity contribution in [3.8, 4) is 0 Å². The SMILES string of the molecule is CC(=O)OCCCOC(=O)OCc1ccccc1. The summed E-state index contributed by atoms with van der Waals surface area (Å²) in [5, 5.41) is 0. The second-order valence-corrected chi connectivity index (χ2v) is 3.57. The molecule has 98 valence electrons. The van der Waals surface area contributed by atoms with E-state index in [0.717, 1.165) is 5.56 Å². The molecule has 0 N–H and O–H groups in total. The van der Waals surface area contributed by atoms with Crippen molar-refractivity contribution >= 4 is 12.1 Å². The number of benzene rings is 1. The van der Waals surface area contributed by atoms with Gasteiger partial charge in [0.05, 0.1) is 13.2 Å². The zero-order valence-electron chi connectivity index (χ0n) is 10.3. The van der Waals surface area contributed by atoms with E-state index in [1.807, 2.05) is 30.3 Å². The fourth-order valence-corrected chi connectivity index (χ4v) is 1.19. The molecule has 1 aromatic carbocycles. The molecule has 0 fully saturated rings. The first-order valence-electron chi connectivity index (χ1n) is 5.65. The topological polar surface area (TPSA) is 61.8 Å². The highest BCUT2D eigenvalue weighted by molar-refractivity contribution is 5.65. The van der Waals surface area contributed by atoms with Crippen LogP contribution in [0.4, 0.5) is 4.79 Å². The second-order valence-electron chi connectivity index (χ2n) is 3.57. The van der Waals surface area contributed by atoms with Crippen LogP contribution in [0.1, 0.15) is 18.9 Å². The van der Waals surface area contributed by atoms with Gasteiger partial charge in [0, 0.05) is 13.3 Å². The van der Waals surface area contributed by atoms with Crippen LogP contribution in [0, 0.1) is 0 Å². The molecule has 0 unspecified atom stereocenters. The Kier molecular flexibility index (Phi) is 6.32. The van der Waals surface area contributed by atoms with Crippen molar-refractivity contribution in [2.75, 3.05) is 13.2 Å². The quantitative estimate of drug-likeness (QED) is 0.574. The van der Waals surface area contributed by atoms with Crippen molar-refractivity contribution in [1.82, 2.24) is 0 Å². The lowest BCUT2D eigenvalue weighted by atomic mass is 10.2. The third-order valence-corrected chi connectivity index (χ3v) is 2.01. The highest BCUT2D eigenvalue weighted by Gasteiger charge is 2.04. The van der Waals surface area contributed by atoms with Crippen LogP contribution in [-0.2, 0) is 25.6 Å². The van der Waals surface area contributed by atoms with Crippen LogP contribution in [0.2, 0.25) is 0 Å². The Morgan fingerprint density at radius 1 is 1.00 bits per heavy atom. The molecule has 0 aliphatic carbocycles. The smallest absolute Gasteiger partial charge is 0.466 e. The largest absolute Gasteiger partial charge is 0.508 e. The molecule has 0 atom stereocenters. The predicted octanol–water partition coefficient (Wildman–Crippen LogP) is 2.29. The van der Waals surface area contributed by atoms with Crippen LogP contribution >= 0.6 is 0 Å². The highest BCUT2D eigenvalue weighted by Crippen LogP contribution is 2.01. The summed E-state index contributed by atoms with van der Waals surface area (Å²) in [5.74, 6) is -0.346. The lowest BCUT2D eigenvalue weighted by molar-refractivity contribution is -0.141. The van der Waals surface area contributed by atoms with Gasteiger partial charge in [-0.2, -0.15) is 0 Å². The Balaban J connectivity index is 2.06. The van der Waals surface area contributed by atoms with E-state index in [9.17, 15) is 9.59 Å². The van der Waals surface area contributed by atoms with Gasteiger partial charge < -0.3 is 14.2 Å². The average molecular weight is 252 g/mol. The van der Waals surface area contributed by atoms with Gasteiger partial charge in [-0.05, 0) is 5.56 Å². The molecular weight excluding hydrogens is 236 g/mol. The maximum Gasteiger partial charge on any atom is 0.508 e. The van der Waals surface area contributed by atoms with Gasteiger partial charge in [0.1, 0.15) is 6.61 Å². The monoisotopic (exact) mass is 252 g/mol. The summed E-state index contributed by atoms with van der Waals surface area (Å²) in [6.07, 6.45) is -0.262. The summed E-state index contributed by atoms with van der Waals surface area (Å²) in [7, 11) is 0. The van der Waals surface area contributed by atoms with Crippen LogP contribution in [0.3, 0.4) is 0 Å². The molecule has 0 saturated heterocycles. The summed E-state index contributed by atoms with van der Waals surface area (Å²) in [6, 6.07) is 9.32. The van der Waals surface area contributed by atoms with E-state index < -0.39 is 6.16 Å². The third kappa shape index (κ3) is 6.52. The minimum absolute atomic E-state index is 0.168. The molecule has 0 radical (unpaired) electrons. The van der Waals surface area contributed by atoms with Gasteiger partial charge >= 0.3 is 12.1 Å². The van der Waals surface area contributed by atoms with Crippen LogP contribution < -0.4 is 0 Å². The summed E-state index contributed by atoms with van der Waals surface area (Å²) >= 11 is 0. The Labute approximate surface area is 106 Å². The standard InChI is InChI=1S/C13H16O5/c1-11(14)16-8-5-9-17-13(15)18-10-12-6-3-2-4-7-12/h2-4,6-7H,5,8-10H2,1H3. The third-order valence-electron chi connectivity index (χ3n) is 2.01. The van der Waals surface area contributed by atoms with Gasteiger partial charge in [-0.1, -0.05) is 30.3 Å². The normalized spacial score (nSPS) is 9.61. The molecule has 1 aromatic rings. The maximum atomic E-state index is 11.2. The number of hydrogen-bond acceptors (Lipinski definition) is 5. The zero-order valence-corrected chi connectivity index (χ0v) is 10.3. The Bertz CT molecular complexity index is 374. The lowest BCUT2D eigenvalue weighted by Crippen LogP contribution is -2.10. The number of carbonyl (C=O) groups excluding carboxylic acids is 2. The molecule has 0 saturated carbocycles. The number of esters is 1. The van der Waals surface area contributed by atoms with E-state index in [2.05, 4.69) is 4.74 Å². The molecule has 18 heavy (non-hydrogen) atoms. The average Bonchev–Trinajstić information content (AvgIpc) is 2.37. The number of carbonyl (C=O) groups is 2. The molecule has 1 rings (SSSR count). The van der Waals surface area contributed by atoms with Gasteiger partial charge in [-0.3, -0.25) is 4.79 Å². The van der Waals surface area contributed by atoms with Gasteiger partial charge in [-0.25, -0.2) is 4.79 Å². The van der Waals surface area contributed by atoms with Crippen LogP contribution in [-0.4, -0.2) is 25.3 Å². The van der Waals surface area contributed by atoms with Crippen molar-refractivity contribution in [2.45, 2.75) is 20.0 Å². The molecule has 0 amide bonds. The Morgan fingerprint density at radius 2 is 1.67 bits per heavy atom. The van der Waals surface area contributed by atoms with E-state index in [1.54, 1.807) is 0 Å². The summed E-state index contributed by atoms with van der Waals surface area (Å²) in [5.41, 5.74) is 0.898.